The summed E-state index contributed by atoms with van der Waals surface area (Å²) in [4.78, 5) is 9.08. The summed E-state index contributed by atoms with van der Waals surface area (Å²) in [7, 11) is 0. The number of aromatic nitrogens is 5. The summed E-state index contributed by atoms with van der Waals surface area (Å²) in [5.41, 5.74) is 11.7. The number of hydrogen-bond donors (Lipinski definition) is 3. The maximum Gasteiger partial charge on any atom is 0.181 e. The molecule has 39 heavy (non-hydrogen) atoms. The third kappa shape index (κ3) is 5.14. The smallest absolute Gasteiger partial charge is 0.181 e. The van der Waals surface area contributed by atoms with Crippen molar-refractivity contribution >= 4 is 64.9 Å². The van der Waals surface area contributed by atoms with Crippen LogP contribution in [0.15, 0.2) is 47.2 Å². The summed E-state index contributed by atoms with van der Waals surface area (Å²) in [5, 5.41) is 27.5. The van der Waals surface area contributed by atoms with E-state index < -0.39 is 0 Å². The molecule has 0 spiro atoms. The van der Waals surface area contributed by atoms with Crippen LogP contribution < -0.4 is 16.4 Å². The average Bonchev–Trinajstić information content (AvgIpc) is 3.49. The first-order valence-electron chi connectivity index (χ1n) is 12.8. The maximum absolute atomic E-state index is 9.85. The molecule has 1 fully saturated rings. The van der Waals surface area contributed by atoms with Gasteiger partial charge in [-0.05, 0) is 52.4 Å². The minimum atomic E-state index is -0.302. The number of anilines is 3. The second-order valence-corrected chi connectivity index (χ2v) is 13.0. The summed E-state index contributed by atoms with van der Waals surface area (Å²) < 4.78 is 3.79. The molecule has 3 aromatic heterocycles. The molecule has 0 bridgehead atoms. The molecule has 198 valence electrons. The highest BCUT2D eigenvalue weighted by atomic mass is 79.9. The normalized spacial score (nSPS) is 14.4. The lowest BCUT2D eigenvalue weighted by atomic mass is 9.96. The van der Waals surface area contributed by atoms with Gasteiger partial charge >= 0.3 is 0 Å². The van der Waals surface area contributed by atoms with Gasteiger partial charge in [0.05, 0.1) is 45.3 Å². The Morgan fingerprint density at radius 1 is 1.28 bits per heavy atom. The van der Waals surface area contributed by atoms with E-state index in [9.17, 15) is 5.26 Å². The van der Waals surface area contributed by atoms with Gasteiger partial charge in [-0.3, -0.25) is 4.98 Å². The maximum atomic E-state index is 9.85. The number of hydrogen-bond acceptors (Lipinski definition) is 9. The van der Waals surface area contributed by atoms with Gasteiger partial charge < -0.3 is 16.4 Å². The number of benzene rings is 2. The molecule has 3 heterocycles. The van der Waals surface area contributed by atoms with Gasteiger partial charge in [0.25, 0.3) is 0 Å². The lowest BCUT2D eigenvalue weighted by Crippen LogP contribution is -2.20. The first kappa shape index (κ1) is 25.5. The molecule has 1 aliphatic rings. The number of pyridine rings is 1. The number of nitrogens with one attached hydrogen (secondary N) is 2. The number of rotatable bonds is 7. The molecule has 4 N–H and O–H groups in total. The number of nitriles is 1. The van der Waals surface area contributed by atoms with Gasteiger partial charge in [0.15, 0.2) is 5.13 Å². The SMILES string of the molecule is CC(C)(C)CNc1c(C#N)cnc2c(Br)cc(NC(c3cn(C4CC4)nn3)c3cccc4nc(N)sc34)cc12. The fourth-order valence-corrected chi connectivity index (χ4v) is 6.04. The number of halogens is 1. The van der Waals surface area contributed by atoms with Crippen LogP contribution in [0.5, 0.6) is 0 Å². The van der Waals surface area contributed by atoms with Crippen LogP contribution in [0.25, 0.3) is 21.1 Å². The molecule has 1 aliphatic carbocycles. The van der Waals surface area contributed by atoms with Crippen molar-refractivity contribution in [1.29, 1.82) is 5.26 Å². The van der Waals surface area contributed by atoms with E-state index in [1.54, 1.807) is 6.20 Å². The fraction of sp³-hybridized carbons (Fsp3) is 0.321. The topological polar surface area (TPSA) is 130 Å². The molecular formula is C28H28BrN9S. The minimum absolute atomic E-state index is 0.0309. The van der Waals surface area contributed by atoms with Crippen LogP contribution in [0.3, 0.4) is 0 Å². The zero-order chi connectivity index (χ0) is 27.3. The Hall–Kier alpha value is -3.75. The first-order chi connectivity index (χ1) is 18.7. The Morgan fingerprint density at radius 3 is 2.85 bits per heavy atom. The molecule has 6 rings (SSSR count). The molecule has 9 nitrogen and oxygen atoms in total. The first-order valence-corrected chi connectivity index (χ1v) is 14.4. The van der Waals surface area contributed by atoms with Gasteiger partial charge in [-0.15, -0.1) is 5.10 Å². The lowest BCUT2D eigenvalue weighted by Gasteiger charge is -2.22. The van der Waals surface area contributed by atoms with Gasteiger partial charge in [-0.2, -0.15) is 5.26 Å². The zero-order valence-corrected chi connectivity index (χ0v) is 24.3. The molecular weight excluding hydrogens is 574 g/mol. The second-order valence-electron chi connectivity index (χ2n) is 11.1. The molecule has 5 aromatic rings. The van der Waals surface area contributed by atoms with E-state index in [2.05, 4.69) is 79.8 Å². The zero-order valence-electron chi connectivity index (χ0n) is 21.9. The van der Waals surface area contributed by atoms with Gasteiger partial charge in [-0.1, -0.05) is 49.5 Å². The Kier molecular flexibility index (Phi) is 6.40. The van der Waals surface area contributed by atoms with Crippen LogP contribution in [0.2, 0.25) is 0 Å². The van der Waals surface area contributed by atoms with Crippen LogP contribution in [0.4, 0.5) is 16.5 Å². The van der Waals surface area contributed by atoms with Crippen molar-refractivity contribution in [1.82, 2.24) is 25.0 Å². The summed E-state index contributed by atoms with van der Waals surface area (Å²) in [6, 6.07) is 12.5. The van der Waals surface area contributed by atoms with Gasteiger partial charge in [0.1, 0.15) is 11.8 Å². The molecule has 2 aromatic carbocycles. The van der Waals surface area contributed by atoms with E-state index in [4.69, 9.17) is 5.73 Å². The van der Waals surface area contributed by atoms with Crippen molar-refractivity contribution < 1.29 is 0 Å². The van der Waals surface area contributed by atoms with Crippen molar-refractivity contribution in [2.45, 2.75) is 45.7 Å². The third-order valence-corrected chi connectivity index (χ3v) is 8.22. The fourth-order valence-electron chi connectivity index (χ4n) is 4.60. The largest absolute Gasteiger partial charge is 0.383 e. The number of nitrogens with zero attached hydrogens (tertiary/aromatic N) is 6. The molecule has 0 amide bonds. The van der Waals surface area contributed by atoms with Crippen molar-refractivity contribution in [3.63, 3.8) is 0 Å². The van der Waals surface area contributed by atoms with E-state index in [-0.39, 0.29) is 11.5 Å². The summed E-state index contributed by atoms with van der Waals surface area (Å²) in [6.45, 7) is 7.18. The molecule has 0 aliphatic heterocycles. The molecule has 0 radical (unpaired) electrons. The lowest BCUT2D eigenvalue weighted by molar-refractivity contribution is 0.443. The van der Waals surface area contributed by atoms with Crippen molar-refractivity contribution in [2.75, 3.05) is 22.9 Å². The van der Waals surface area contributed by atoms with Crippen molar-refractivity contribution in [2.24, 2.45) is 5.41 Å². The molecule has 1 unspecified atom stereocenters. The summed E-state index contributed by atoms with van der Waals surface area (Å²) in [6.07, 6.45) is 5.90. The van der Waals surface area contributed by atoms with E-state index >= 15 is 0 Å². The molecule has 11 heteroatoms. The van der Waals surface area contributed by atoms with Crippen LogP contribution >= 0.6 is 27.3 Å². The van der Waals surface area contributed by atoms with Crippen LogP contribution in [0, 0.1) is 16.7 Å². The van der Waals surface area contributed by atoms with Crippen LogP contribution in [0.1, 0.15) is 62.5 Å². The van der Waals surface area contributed by atoms with Crippen molar-refractivity contribution in [3.8, 4) is 6.07 Å². The number of thiazole rings is 1. The Balaban J connectivity index is 1.47. The summed E-state index contributed by atoms with van der Waals surface area (Å²) in [5.74, 6) is 0. The minimum Gasteiger partial charge on any atom is -0.383 e. The monoisotopic (exact) mass is 601 g/mol. The molecule has 1 atom stereocenters. The Bertz CT molecular complexity index is 1740. The van der Waals surface area contributed by atoms with Crippen LogP contribution in [-0.2, 0) is 0 Å². The quantitative estimate of drug-likeness (QED) is 0.189. The highest BCUT2D eigenvalue weighted by Gasteiger charge is 2.28. The summed E-state index contributed by atoms with van der Waals surface area (Å²) >= 11 is 5.19. The standard InChI is InChI=1S/C28H28BrN9S/c1-28(2,3)14-33-23-15(11-30)12-32-24-19(23)9-16(10-20(24)29)34-25(22-13-38(37-36-22)17-7-8-17)18-5-4-6-21-26(18)39-27(31)35-21/h4-6,9-10,12-13,17,25,34H,7-8,14H2,1-3H3,(H2,31,35)(H,32,33). The highest BCUT2D eigenvalue weighted by Crippen LogP contribution is 2.40. The van der Waals surface area contributed by atoms with E-state index in [1.165, 1.54) is 11.3 Å². The number of nitrogen functional groups attached to an aromatic ring is 1. The third-order valence-electron chi connectivity index (χ3n) is 6.67. The Labute approximate surface area is 238 Å². The van der Waals surface area contributed by atoms with Gasteiger partial charge in [0.2, 0.25) is 0 Å². The van der Waals surface area contributed by atoms with Gasteiger partial charge in [0, 0.05) is 33.9 Å². The second kappa shape index (κ2) is 9.77. The number of fused-ring (bicyclic) bond motifs is 2. The van der Waals surface area contributed by atoms with Crippen molar-refractivity contribution in [3.05, 3.63) is 64.0 Å². The molecule has 1 saturated carbocycles. The molecule has 0 saturated heterocycles. The average molecular weight is 603 g/mol. The van der Waals surface area contributed by atoms with E-state index in [0.717, 1.165) is 61.1 Å². The number of nitrogens with two attached hydrogens (primary N) is 1. The predicted octanol–water partition coefficient (Wildman–Crippen LogP) is 6.65. The highest BCUT2D eigenvalue weighted by molar-refractivity contribution is 9.10. The van der Waals surface area contributed by atoms with Crippen LogP contribution in [-0.4, -0.2) is 31.5 Å². The predicted molar refractivity (Wildman–Crippen MR) is 160 cm³/mol. The van der Waals surface area contributed by atoms with E-state index in [0.29, 0.717) is 23.3 Å². The van der Waals surface area contributed by atoms with Gasteiger partial charge in [-0.25, -0.2) is 9.67 Å². The van der Waals surface area contributed by atoms with E-state index in [1.807, 2.05) is 35.1 Å². The Morgan fingerprint density at radius 2 is 2.10 bits per heavy atom.